The number of rotatable bonds is 6. The van der Waals surface area contributed by atoms with Gasteiger partial charge in [-0.2, -0.15) is 5.26 Å². The molecule has 4 aromatic rings. The number of hydrogen-bond donors (Lipinski definition) is 1. The second-order valence-electron chi connectivity index (χ2n) is 7.45. The number of aromatic nitrogens is 1. The van der Waals surface area contributed by atoms with Crippen LogP contribution in [0.15, 0.2) is 77.3 Å². The van der Waals surface area contributed by atoms with Gasteiger partial charge in [-0.05, 0) is 51.7 Å². The molecule has 33 heavy (non-hydrogen) atoms. The van der Waals surface area contributed by atoms with Gasteiger partial charge >= 0.3 is 0 Å². The minimum Gasteiger partial charge on any atom is -0.493 e. The van der Waals surface area contributed by atoms with Crippen molar-refractivity contribution in [3.63, 3.8) is 0 Å². The van der Waals surface area contributed by atoms with Crippen LogP contribution in [0.4, 0.5) is 5.82 Å². The highest BCUT2D eigenvalue weighted by Crippen LogP contribution is 2.45. The Morgan fingerprint density at radius 3 is 2.27 bits per heavy atom. The summed E-state index contributed by atoms with van der Waals surface area (Å²) in [5.41, 5.74) is 11.6. The summed E-state index contributed by atoms with van der Waals surface area (Å²) >= 11 is 3.64. The number of nitriles is 1. The molecule has 164 valence electrons. The lowest BCUT2D eigenvalue weighted by Crippen LogP contribution is -2.04. The number of aryl methyl sites for hydroxylation is 1. The zero-order valence-electron chi connectivity index (χ0n) is 18.3. The van der Waals surface area contributed by atoms with Gasteiger partial charge in [0.05, 0.1) is 11.6 Å². The van der Waals surface area contributed by atoms with Crippen molar-refractivity contribution in [2.24, 2.45) is 0 Å². The molecule has 0 amide bonds. The van der Waals surface area contributed by atoms with Crippen LogP contribution in [-0.4, -0.2) is 12.1 Å². The van der Waals surface area contributed by atoms with E-state index >= 15 is 0 Å². The molecule has 5 nitrogen and oxygen atoms in total. The SMILES string of the molecule is COc1cc(-c2c(C#N)c(N)nc(C)c2-c2ccccc2)cc(Br)c1OCc1ccccc1. The first-order chi connectivity index (χ1) is 16.0. The number of hydrogen-bond acceptors (Lipinski definition) is 5. The van der Waals surface area contributed by atoms with Crippen molar-refractivity contribution >= 4 is 21.7 Å². The lowest BCUT2D eigenvalue weighted by atomic mass is 9.90. The summed E-state index contributed by atoms with van der Waals surface area (Å²) in [5.74, 6) is 1.33. The molecule has 2 N–H and O–H groups in total. The number of nitrogen functional groups attached to an aromatic ring is 1. The third kappa shape index (κ3) is 4.55. The van der Waals surface area contributed by atoms with Crippen molar-refractivity contribution in [3.05, 3.63) is 94.1 Å². The van der Waals surface area contributed by atoms with Crippen molar-refractivity contribution in [1.29, 1.82) is 5.26 Å². The van der Waals surface area contributed by atoms with Crippen LogP contribution < -0.4 is 15.2 Å². The molecule has 0 bridgehead atoms. The zero-order valence-corrected chi connectivity index (χ0v) is 19.9. The van der Waals surface area contributed by atoms with Gasteiger partial charge in [0, 0.05) is 16.8 Å². The fourth-order valence-electron chi connectivity index (χ4n) is 3.82. The van der Waals surface area contributed by atoms with Crippen LogP contribution in [0.25, 0.3) is 22.3 Å². The van der Waals surface area contributed by atoms with Gasteiger partial charge in [-0.15, -0.1) is 0 Å². The van der Waals surface area contributed by atoms with Crippen LogP contribution in [0.1, 0.15) is 16.8 Å². The molecule has 6 heteroatoms. The van der Waals surface area contributed by atoms with E-state index in [9.17, 15) is 5.26 Å². The molecule has 1 heterocycles. The normalized spacial score (nSPS) is 10.5. The van der Waals surface area contributed by atoms with Gasteiger partial charge in [0.15, 0.2) is 11.5 Å². The van der Waals surface area contributed by atoms with Gasteiger partial charge < -0.3 is 15.2 Å². The molecule has 0 fully saturated rings. The molecule has 0 aliphatic heterocycles. The molecule has 0 atom stereocenters. The highest BCUT2D eigenvalue weighted by atomic mass is 79.9. The molecule has 4 rings (SSSR count). The fourth-order valence-corrected chi connectivity index (χ4v) is 4.38. The molecule has 1 aromatic heterocycles. The molecule has 0 unspecified atom stereocenters. The van der Waals surface area contributed by atoms with E-state index in [1.807, 2.05) is 79.7 Å². The predicted octanol–water partition coefficient (Wildman–Crippen LogP) is 6.53. The third-order valence-corrected chi connectivity index (χ3v) is 5.91. The van der Waals surface area contributed by atoms with Gasteiger partial charge in [0.25, 0.3) is 0 Å². The van der Waals surface area contributed by atoms with Gasteiger partial charge in [0.2, 0.25) is 0 Å². The second kappa shape index (κ2) is 9.76. The van der Waals surface area contributed by atoms with Crippen molar-refractivity contribution in [2.75, 3.05) is 12.8 Å². The van der Waals surface area contributed by atoms with Crippen molar-refractivity contribution in [3.8, 4) is 39.8 Å². The van der Waals surface area contributed by atoms with E-state index in [4.69, 9.17) is 15.2 Å². The summed E-state index contributed by atoms with van der Waals surface area (Å²) in [6, 6.07) is 25.8. The molecule has 0 spiro atoms. The van der Waals surface area contributed by atoms with Crippen molar-refractivity contribution in [1.82, 2.24) is 4.98 Å². The Bertz CT molecular complexity index is 1330. The van der Waals surface area contributed by atoms with E-state index in [1.165, 1.54) is 0 Å². The van der Waals surface area contributed by atoms with Crippen LogP contribution in [0.5, 0.6) is 11.5 Å². The smallest absolute Gasteiger partial charge is 0.175 e. The average molecular weight is 500 g/mol. The third-order valence-electron chi connectivity index (χ3n) is 5.32. The summed E-state index contributed by atoms with van der Waals surface area (Å²) < 4.78 is 12.5. The quantitative estimate of drug-likeness (QED) is 0.326. The maximum atomic E-state index is 9.95. The standard InChI is InChI=1S/C27H22BrN3O2/c1-17-24(19-11-7-4-8-12-19)25(21(15-29)27(30)31-17)20-13-22(28)26(23(14-20)32-2)33-16-18-9-5-3-6-10-18/h3-14H,16H2,1-2H3,(H2,30,31). The Morgan fingerprint density at radius 2 is 1.64 bits per heavy atom. The number of ether oxygens (including phenoxy) is 2. The minimum atomic E-state index is 0.198. The van der Waals surface area contributed by atoms with Crippen LogP contribution in [-0.2, 0) is 6.61 Å². The van der Waals surface area contributed by atoms with E-state index in [-0.39, 0.29) is 5.82 Å². The Morgan fingerprint density at radius 1 is 0.970 bits per heavy atom. The fraction of sp³-hybridized carbons (Fsp3) is 0.111. The number of methoxy groups -OCH3 is 1. The molecule has 0 aliphatic carbocycles. The van der Waals surface area contributed by atoms with E-state index < -0.39 is 0 Å². The lowest BCUT2D eigenvalue weighted by Gasteiger charge is -2.19. The minimum absolute atomic E-state index is 0.198. The van der Waals surface area contributed by atoms with Gasteiger partial charge in [-0.3, -0.25) is 0 Å². The molecule has 0 saturated carbocycles. The largest absolute Gasteiger partial charge is 0.493 e. The van der Waals surface area contributed by atoms with Crippen molar-refractivity contribution in [2.45, 2.75) is 13.5 Å². The second-order valence-corrected chi connectivity index (χ2v) is 8.30. The topological polar surface area (TPSA) is 81.2 Å². The maximum Gasteiger partial charge on any atom is 0.175 e. The summed E-state index contributed by atoms with van der Waals surface area (Å²) in [5, 5.41) is 9.95. The first-order valence-corrected chi connectivity index (χ1v) is 11.1. The molecular weight excluding hydrogens is 478 g/mol. The Balaban J connectivity index is 1.87. The number of nitrogens with zero attached hydrogens (tertiary/aromatic N) is 2. The number of benzene rings is 3. The molecule has 0 saturated heterocycles. The van der Waals surface area contributed by atoms with Crippen LogP contribution in [0.2, 0.25) is 0 Å². The van der Waals surface area contributed by atoms with Crippen LogP contribution in [0.3, 0.4) is 0 Å². The van der Waals surface area contributed by atoms with Crippen molar-refractivity contribution < 1.29 is 9.47 Å². The summed E-state index contributed by atoms with van der Waals surface area (Å²) in [4.78, 5) is 4.44. The summed E-state index contributed by atoms with van der Waals surface area (Å²) in [6.45, 7) is 2.29. The van der Waals surface area contributed by atoms with Gasteiger partial charge in [-0.1, -0.05) is 60.7 Å². The van der Waals surface area contributed by atoms with Gasteiger partial charge in [-0.25, -0.2) is 4.98 Å². The van der Waals surface area contributed by atoms with Crippen LogP contribution in [0, 0.1) is 18.3 Å². The number of halogens is 1. The number of anilines is 1. The highest BCUT2D eigenvalue weighted by Gasteiger charge is 2.22. The summed E-state index contributed by atoms with van der Waals surface area (Å²) in [6.07, 6.45) is 0. The number of pyridine rings is 1. The number of nitrogens with two attached hydrogens (primary N) is 1. The Kier molecular flexibility index (Phi) is 6.62. The molecule has 0 radical (unpaired) electrons. The van der Waals surface area contributed by atoms with Crippen LogP contribution >= 0.6 is 15.9 Å². The monoisotopic (exact) mass is 499 g/mol. The van der Waals surface area contributed by atoms with Gasteiger partial charge in [0.1, 0.15) is 24.1 Å². The first kappa shape index (κ1) is 22.4. The molecular formula is C27H22BrN3O2. The highest BCUT2D eigenvalue weighted by molar-refractivity contribution is 9.10. The maximum absolute atomic E-state index is 9.95. The summed E-state index contributed by atoms with van der Waals surface area (Å²) in [7, 11) is 1.59. The zero-order chi connectivity index (χ0) is 23.4. The van der Waals surface area contributed by atoms with E-state index in [0.29, 0.717) is 33.7 Å². The first-order valence-electron chi connectivity index (χ1n) is 10.3. The van der Waals surface area contributed by atoms with E-state index in [2.05, 4.69) is 27.0 Å². The molecule has 3 aromatic carbocycles. The Labute approximate surface area is 201 Å². The lowest BCUT2D eigenvalue weighted by molar-refractivity contribution is 0.282. The Hall–Kier alpha value is -3.82. The predicted molar refractivity (Wildman–Crippen MR) is 134 cm³/mol. The molecule has 0 aliphatic rings. The average Bonchev–Trinajstić information content (AvgIpc) is 2.83. The van der Waals surface area contributed by atoms with E-state index in [0.717, 1.165) is 27.9 Å². The van der Waals surface area contributed by atoms with E-state index in [1.54, 1.807) is 7.11 Å².